The second-order valence-electron chi connectivity index (χ2n) is 6.05. The molecule has 1 saturated heterocycles. The highest BCUT2D eigenvalue weighted by Gasteiger charge is 2.26. The number of fused-ring (bicyclic) bond motifs is 1. The van der Waals surface area contributed by atoms with Crippen LogP contribution in [-0.2, 0) is 16.6 Å². The predicted octanol–water partition coefficient (Wildman–Crippen LogP) is 1.07. The third-order valence-electron chi connectivity index (χ3n) is 4.62. The van der Waals surface area contributed by atoms with Gasteiger partial charge in [0.15, 0.2) is 0 Å². The van der Waals surface area contributed by atoms with Crippen LogP contribution in [0.2, 0.25) is 0 Å². The number of nitrogens with zero attached hydrogens (tertiary/aromatic N) is 2. The molecule has 1 aromatic heterocycles. The van der Waals surface area contributed by atoms with E-state index in [0.717, 1.165) is 36.0 Å². The molecule has 2 aromatic rings. The minimum Gasteiger partial charge on any atom is -0.359 e. The third kappa shape index (κ3) is 2.86. The summed E-state index contributed by atoms with van der Waals surface area (Å²) in [5, 5.41) is 11.5. The zero-order valence-corrected chi connectivity index (χ0v) is 13.5. The summed E-state index contributed by atoms with van der Waals surface area (Å²) in [6.45, 7) is 2.02. The monoisotopic (exact) mass is 314 g/mol. The Morgan fingerprint density at radius 1 is 1.52 bits per heavy atom. The zero-order valence-electron chi connectivity index (χ0n) is 13.5. The minimum absolute atomic E-state index is 0.0980. The van der Waals surface area contributed by atoms with Crippen molar-refractivity contribution in [1.29, 1.82) is 0 Å². The van der Waals surface area contributed by atoms with Crippen LogP contribution in [0.1, 0.15) is 35.9 Å². The van der Waals surface area contributed by atoms with Gasteiger partial charge in [-0.2, -0.15) is 5.10 Å². The van der Waals surface area contributed by atoms with Crippen LogP contribution in [0, 0.1) is 0 Å². The van der Waals surface area contributed by atoms with Crippen LogP contribution < -0.4 is 10.6 Å². The van der Waals surface area contributed by atoms with E-state index in [0.29, 0.717) is 18.8 Å². The maximum absolute atomic E-state index is 12.2. The molecule has 6 heteroatoms. The largest absolute Gasteiger partial charge is 0.359 e. The third-order valence-corrected chi connectivity index (χ3v) is 4.62. The van der Waals surface area contributed by atoms with Crippen LogP contribution in [0.5, 0.6) is 0 Å². The van der Waals surface area contributed by atoms with Gasteiger partial charge in [0.05, 0.1) is 17.1 Å². The molecule has 0 saturated carbocycles. The highest BCUT2D eigenvalue weighted by atomic mass is 16.1. The van der Waals surface area contributed by atoms with Crippen LogP contribution in [0.15, 0.2) is 18.2 Å². The quantitative estimate of drug-likeness (QED) is 0.782. The van der Waals surface area contributed by atoms with Crippen molar-refractivity contribution >= 4 is 23.1 Å². The van der Waals surface area contributed by atoms with E-state index in [1.807, 2.05) is 11.7 Å². The van der Waals surface area contributed by atoms with E-state index in [1.54, 1.807) is 7.05 Å². The van der Waals surface area contributed by atoms with Crippen molar-refractivity contribution in [3.8, 4) is 0 Å². The van der Waals surface area contributed by atoms with Crippen LogP contribution in [0.3, 0.4) is 0 Å². The van der Waals surface area contributed by atoms with Gasteiger partial charge in [0, 0.05) is 44.9 Å². The SMILES string of the molecule is CNC(=O)C(CCC=O)c1nn(C)c2cc(C3CNC3)ccc12. The summed E-state index contributed by atoms with van der Waals surface area (Å²) in [7, 11) is 3.51. The number of carbonyl (C=O) groups excluding carboxylic acids is 2. The van der Waals surface area contributed by atoms with E-state index in [4.69, 9.17) is 0 Å². The molecule has 0 aliphatic carbocycles. The maximum Gasteiger partial charge on any atom is 0.228 e. The lowest BCUT2D eigenvalue weighted by molar-refractivity contribution is -0.122. The molecule has 122 valence electrons. The summed E-state index contributed by atoms with van der Waals surface area (Å²) in [6, 6.07) is 6.35. The predicted molar refractivity (Wildman–Crippen MR) is 88.4 cm³/mol. The summed E-state index contributed by atoms with van der Waals surface area (Å²) >= 11 is 0. The fraction of sp³-hybridized carbons (Fsp3) is 0.471. The number of hydrogen-bond acceptors (Lipinski definition) is 4. The van der Waals surface area contributed by atoms with Crippen molar-refractivity contribution < 1.29 is 9.59 Å². The zero-order chi connectivity index (χ0) is 16.4. The molecule has 1 fully saturated rings. The van der Waals surface area contributed by atoms with E-state index in [9.17, 15) is 9.59 Å². The summed E-state index contributed by atoms with van der Waals surface area (Å²) in [5.74, 6) is 0.0618. The lowest BCUT2D eigenvalue weighted by atomic mass is 9.91. The number of carbonyl (C=O) groups is 2. The number of aldehydes is 1. The van der Waals surface area contributed by atoms with Crippen LogP contribution >= 0.6 is 0 Å². The number of rotatable bonds is 6. The molecule has 6 nitrogen and oxygen atoms in total. The highest BCUT2D eigenvalue weighted by Crippen LogP contribution is 2.31. The van der Waals surface area contributed by atoms with Crippen molar-refractivity contribution in [1.82, 2.24) is 20.4 Å². The fourth-order valence-electron chi connectivity index (χ4n) is 3.14. The van der Waals surface area contributed by atoms with Gasteiger partial charge >= 0.3 is 0 Å². The first-order chi connectivity index (χ1) is 11.2. The standard InChI is InChI=1S/C17H22N4O2/c1-18-17(23)14(4-3-7-22)16-13-6-5-11(12-9-19-10-12)8-15(13)21(2)20-16/h5-8,12,14,19H,3-4,9-10H2,1-2H3,(H,18,23). The van der Waals surface area contributed by atoms with Gasteiger partial charge in [0.25, 0.3) is 0 Å². The second kappa shape index (κ2) is 6.50. The van der Waals surface area contributed by atoms with Gasteiger partial charge in [-0.25, -0.2) is 0 Å². The number of hydrogen-bond donors (Lipinski definition) is 2. The molecule has 23 heavy (non-hydrogen) atoms. The van der Waals surface area contributed by atoms with Crippen molar-refractivity contribution in [2.75, 3.05) is 20.1 Å². The number of nitrogens with one attached hydrogen (secondary N) is 2. The van der Waals surface area contributed by atoms with Gasteiger partial charge in [-0.15, -0.1) is 0 Å². The molecule has 0 spiro atoms. The lowest BCUT2D eigenvalue weighted by Gasteiger charge is -2.27. The second-order valence-corrected chi connectivity index (χ2v) is 6.05. The molecular formula is C17H22N4O2. The van der Waals surface area contributed by atoms with Crippen molar-refractivity contribution in [2.45, 2.75) is 24.7 Å². The molecule has 2 N–H and O–H groups in total. The van der Waals surface area contributed by atoms with Crippen LogP contribution in [-0.4, -0.2) is 42.1 Å². The number of amides is 1. The van der Waals surface area contributed by atoms with Crippen LogP contribution in [0.4, 0.5) is 0 Å². The Morgan fingerprint density at radius 2 is 2.30 bits per heavy atom. The molecule has 0 radical (unpaired) electrons. The highest BCUT2D eigenvalue weighted by molar-refractivity contribution is 5.91. The summed E-state index contributed by atoms with van der Waals surface area (Å²) in [4.78, 5) is 22.9. The molecule has 1 amide bonds. The van der Waals surface area contributed by atoms with E-state index < -0.39 is 5.92 Å². The van der Waals surface area contributed by atoms with E-state index in [1.165, 1.54) is 5.56 Å². The molecule has 1 atom stereocenters. The van der Waals surface area contributed by atoms with Gasteiger partial charge in [-0.3, -0.25) is 9.48 Å². The Morgan fingerprint density at radius 3 is 2.91 bits per heavy atom. The first kappa shape index (κ1) is 15.7. The Labute approximate surface area is 135 Å². The summed E-state index contributed by atoms with van der Waals surface area (Å²) in [6.07, 6.45) is 1.67. The maximum atomic E-state index is 12.2. The lowest BCUT2D eigenvalue weighted by Crippen LogP contribution is -2.39. The average molecular weight is 314 g/mol. The summed E-state index contributed by atoms with van der Waals surface area (Å²) in [5.41, 5.74) is 3.08. The van der Waals surface area contributed by atoms with Gasteiger partial charge in [-0.05, 0) is 18.1 Å². The van der Waals surface area contributed by atoms with Crippen LogP contribution in [0.25, 0.3) is 10.9 Å². The van der Waals surface area contributed by atoms with Gasteiger partial charge in [0.2, 0.25) is 5.91 Å². The molecule has 2 heterocycles. The number of likely N-dealkylation sites (N-methyl/N-ethyl adjacent to an activating group) is 1. The average Bonchev–Trinajstić information content (AvgIpc) is 2.82. The molecule has 1 aliphatic heterocycles. The Bertz CT molecular complexity index is 734. The molecule has 1 unspecified atom stereocenters. The first-order valence-electron chi connectivity index (χ1n) is 7.98. The summed E-state index contributed by atoms with van der Waals surface area (Å²) < 4.78 is 1.83. The van der Waals surface area contributed by atoms with E-state index >= 15 is 0 Å². The first-order valence-corrected chi connectivity index (χ1v) is 7.98. The molecule has 1 aliphatic rings. The van der Waals surface area contributed by atoms with Crippen molar-refractivity contribution in [2.24, 2.45) is 7.05 Å². The molecule has 1 aromatic carbocycles. The normalized spacial score (nSPS) is 16.1. The van der Waals surface area contributed by atoms with Gasteiger partial charge in [-0.1, -0.05) is 12.1 Å². The van der Waals surface area contributed by atoms with E-state index in [2.05, 4.69) is 33.9 Å². The Balaban J connectivity index is 2.01. The molecule has 3 rings (SSSR count). The minimum atomic E-state index is -0.398. The number of benzene rings is 1. The van der Waals surface area contributed by atoms with Crippen molar-refractivity contribution in [3.05, 3.63) is 29.5 Å². The van der Waals surface area contributed by atoms with Gasteiger partial charge < -0.3 is 15.4 Å². The molecular weight excluding hydrogens is 292 g/mol. The number of aromatic nitrogens is 2. The fourth-order valence-corrected chi connectivity index (χ4v) is 3.14. The Kier molecular flexibility index (Phi) is 4.43. The van der Waals surface area contributed by atoms with Crippen molar-refractivity contribution in [3.63, 3.8) is 0 Å². The van der Waals surface area contributed by atoms with Gasteiger partial charge in [0.1, 0.15) is 6.29 Å². The smallest absolute Gasteiger partial charge is 0.228 e. The van der Waals surface area contributed by atoms with E-state index in [-0.39, 0.29) is 5.91 Å². The topological polar surface area (TPSA) is 76.0 Å². The molecule has 0 bridgehead atoms. The Hall–Kier alpha value is -2.21. The number of aryl methyl sites for hydroxylation is 1.